The first-order valence-electron chi connectivity index (χ1n) is 9.35. The molecule has 0 aromatic heterocycles. The molecule has 0 saturated carbocycles. The highest BCUT2D eigenvalue weighted by Crippen LogP contribution is 2.20. The molecule has 3 rings (SSSR count). The molecule has 1 aliphatic rings. The van der Waals surface area contributed by atoms with E-state index in [0.29, 0.717) is 6.04 Å². The fourth-order valence-electron chi connectivity index (χ4n) is 3.60. The number of rotatable bonds is 4. The number of nitrogens with one attached hydrogen (secondary N) is 2. The van der Waals surface area contributed by atoms with E-state index in [1.807, 2.05) is 24.3 Å². The molecular weight excluding hydrogens is 364 g/mol. The average molecular weight is 391 g/mol. The molecule has 0 atom stereocenters. The van der Waals surface area contributed by atoms with E-state index in [0.717, 1.165) is 42.4 Å². The Hall–Kier alpha value is -2.05. The number of thiocarbonyl (C=S) groups is 1. The van der Waals surface area contributed by atoms with Crippen LogP contribution in [0, 0.1) is 11.6 Å². The SMILES string of the molecule is CC(C)NC(=S)N1CC[NH+](C(c2ccc(F)cc2)c2ccc(F)cc2)CC1. The van der Waals surface area contributed by atoms with E-state index in [9.17, 15) is 8.78 Å². The highest BCUT2D eigenvalue weighted by atomic mass is 32.1. The number of hydrogen-bond donors (Lipinski definition) is 2. The third kappa shape index (κ3) is 5.02. The maximum absolute atomic E-state index is 13.4. The molecule has 1 saturated heterocycles. The molecule has 2 aromatic rings. The van der Waals surface area contributed by atoms with Crippen molar-refractivity contribution in [3.8, 4) is 0 Å². The second-order valence-corrected chi connectivity index (χ2v) is 7.67. The average Bonchev–Trinajstić information content (AvgIpc) is 2.65. The van der Waals surface area contributed by atoms with E-state index in [1.165, 1.54) is 29.2 Å². The Labute approximate surface area is 165 Å². The minimum absolute atomic E-state index is 0.0416. The number of benzene rings is 2. The summed E-state index contributed by atoms with van der Waals surface area (Å²) in [4.78, 5) is 3.57. The monoisotopic (exact) mass is 390 g/mol. The van der Waals surface area contributed by atoms with Crippen LogP contribution < -0.4 is 10.2 Å². The summed E-state index contributed by atoms with van der Waals surface area (Å²) in [6, 6.07) is 13.6. The van der Waals surface area contributed by atoms with Crippen molar-refractivity contribution in [2.24, 2.45) is 0 Å². The lowest BCUT2D eigenvalue weighted by Crippen LogP contribution is -3.15. The van der Waals surface area contributed by atoms with Gasteiger partial charge in [0.05, 0.1) is 26.2 Å². The molecule has 0 bridgehead atoms. The summed E-state index contributed by atoms with van der Waals surface area (Å²) in [5, 5.41) is 4.09. The van der Waals surface area contributed by atoms with Crippen LogP contribution in [-0.4, -0.2) is 42.2 Å². The summed E-state index contributed by atoms with van der Waals surface area (Å²) in [6.45, 7) is 7.66. The van der Waals surface area contributed by atoms with Gasteiger partial charge in [-0.15, -0.1) is 0 Å². The van der Waals surface area contributed by atoms with Gasteiger partial charge < -0.3 is 15.1 Å². The Morgan fingerprint density at radius 2 is 1.37 bits per heavy atom. The van der Waals surface area contributed by atoms with Gasteiger partial charge in [-0.25, -0.2) is 8.78 Å². The van der Waals surface area contributed by atoms with Crippen LogP contribution in [-0.2, 0) is 0 Å². The minimum atomic E-state index is -0.249. The van der Waals surface area contributed by atoms with E-state index < -0.39 is 0 Å². The molecule has 6 heteroatoms. The van der Waals surface area contributed by atoms with Crippen molar-refractivity contribution in [2.75, 3.05) is 26.2 Å². The summed E-state index contributed by atoms with van der Waals surface area (Å²) >= 11 is 5.49. The Balaban J connectivity index is 1.79. The van der Waals surface area contributed by atoms with E-state index in [4.69, 9.17) is 12.2 Å². The lowest BCUT2D eigenvalue weighted by Gasteiger charge is -2.38. The number of halogens is 2. The summed E-state index contributed by atoms with van der Waals surface area (Å²) in [5.74, 6) is -0.497. The van der Waals surface area contributed by atoms with Crippen LogP contribution in [0.3, 0.4) is 0 Å². The normalized spacial score (nSPS) is 15.4. The number of piperazine rings is 1. The zero-order valence-corrected chi connectivity index (χ0v) is 16.5. The molecule has 0 aliphatic carbocycles. The van der Waals surface area contributed by atoms with Gasteiger partial charge in [-0.05, 0) is 74.6 Å². The van der Waals surface area contributed by atoms with Crippen LogP contribution in [0.25, 0.3) is 0 Å². The zero-order chi connectivity index (χ0) is 19.4. The summed E-state index contributed by atoms with van der Waals surface area (Å²) < 4.78 is 26.8. The van der Waals surface area contributed by atoms with Crippen LogP contribution in [0.15, 0.2) is 48.5 Å². The Morgan fingerprint density at radius 3 is 1.78 bits per heavy atom. The standard InChI is InChI=1S/C21H25F2N3S/c1-15(2)24-21(27)26-13-11-25(12-14-26)20(16-3-7-18(22)8-4-16)17-5-9-19(23)10-6-17/h3-10,15,20H,11-14H2,1-2H3,(H,24,27)/p+1. The maximum atomic E-state index is 13.4. The fraction of sp³-hybridized carbons (Fsp3) is 0.381. The highest BCUT2D eigenvalue weighted by molar-refractivity contribution is 7.80. The first-order valence-corrected chi connectivity index (χ1v) is 9.76. The number of nitrogens with zero attached hydrogens (tertiary/aromatic N) is 1. The molecule has 0 spiro atoms. The number of quaternary nitrogens is 1. The quantitative estimate of drug-likeness (QED) is 0.783. The summed E-state index contributed by atoms with van der Waals surface area (Å²) in [5.41, 5.74) is 2.07. The van der Waals surface area contributed by atoms with Crippen molar-refractivity contribution in [1.82, 2.24) is 10.2 Å². The van der Waals surface area contributed by atoms with E-state index in [-0.39, 0.29) is 17.7 Å². The third-order valence-electron chi connectivity index (χ3n) is 4.92. The zero-order valence-electron chi connectivity index (χ0n) is 15.7. The lowest BCUT2D eigenvalue weighted by atomic mass is 9.96. The van der Waals surface area contributed by atoms with Gasteiger partial charge in [0.15, 0.2) is 5.11 Å². The van der Waals surface area contributed by atoms with Crippen molar-refractivity contribution < 1.29 is 13.7 Å². The molecule has 144 valence electrons. The van der Waals surface area contributed by atoms with Gasteiger partial charge in [0.25, 0.3) is 0 Å². The Bertz CT molecular complexity index is 709. The van der Waals surface area contributed by atoms with Crippen molar-refractivity contribution >= 4 is 17.3 Å². The third-order valence-corrected chi connectivity index (χ3v) is 5.30. The Morgan fingerprint density at radius 1 is 0.926 bits per heavy atom. The smallest absolute Gasteiger partial charge is 0.169 e. The van der Waals surface area contributed by atoms with Gasteiger partial charge in [0.1, 0.15) is 17.7 Å². The second kappa shape index (κ2) is 8.76. The van der Waals surface area contributed by atoms with E-state index in [1.54, 1.807) is 0 Å². The predicted molar refractivity (Wildman–Crippen MR) is 108 cm³/mol. The summed E-state index contributed by atoms with van der Waals surface area (Å²) in [7, 11) is 0. The molecule has 3 nitrogen and oxygen atoms in total. The Kier molecular flexibility index (Phi) is 6.39. The van der Waals surface area contributed by atoms with Gasteiger partial charge >= 0.3 is 0 Å². The molecule has 0 unspecified atom stereocenters. The first-order chi connectivity index (χ1) is 12.9. The second-order valence-electron chi connectivity index (χ2n) is 7.29. The first kappa shape index (κ1) is 19.7. The minimum Gasteiger partial charge on any atom is -0.360 e. The molecule has 27 heavy (non-hydrogen) atoms. The van der Waals surface area contributed by atoms with Crippen molar-refractivity contribution in [3.63, 3.8) is 0 Å². The van der Waals surface area contributed by atoms with Crippen LogP contribution in [0.1, 0.15) is 31.0 Å². The van der Waals surface area contributed by atoms with E-state index >= 15 is 0 Å². The molecule has 2 N–H and O–H groups in total. The van der Waals surface area contributed by atoms with Crippen LogP contribution in [0.2, 0.25) is 0 Å². The van der Waals surface area contributed by atoms with Crippen LogP contribution >= 0.6 is 12.2 Å². The van der Waals surface area contributed by atoms with Crippen molar-refractivity contribution in [1.29, 1.82) is 0 Å². The largest absolute Gasteiger partial charge is 0.360 e. The molecule has 2 aromatic carbocycles. The topological polar surface area (TPSA) is 19.7 Å². The maximum Gasteiger partial charge on any atom is 0.169 e. The van der Waals surface area contributed by atoms with Crippen molar-refractivity contribution in [2.45, 2.75) is 25.9 Å². The summed E-state index contributed by atoms with van der Waals surface area (Å²) in [6.07, 6.45) is 0. The molecule has 1 heterocycles. The molecule has 1 fully saturated rings. The van der Waals surface area contributed by atoms with Gasteiger partial charge in [-0.1, -0.05) is 0 Å². The van der Waals surface area contributed by atoms with Crippen LogP contribution in [0.5, 0.6) is 0 Å². The predicted octanol–water partition coefficient (Wildman–Crippen LogP) is 2.54. The molecule has 0 radical (unpaired) electrons. The van der Waals surface area contributed by atoms with E-state index in [2.05, 4.69) is 24.1 Å². The van der Waals surface area contributed by atoms with Gasteiger partial charge in [-0.3, -0.25) is 0 Å². The highest BCUT2D eigenvalue weighted by Gasteiger charge is 2.31. The van der Waals surface area contributed by atoms with Gasteiger partial charge in [-0.2, -0.15) is 0 Å². The molecule has 0 amide bonds. The fourth-order valence-corrected chi connectivity index (χ4v) is 4.02. The van der Waals surface area contributed by atoms with Gasteiger partial charge in [0, 0.05) is 17.2 Å². The lowest BCUT2D eigenvalue weighted by molar-refractivity contribution is -0.929. The van der Waals surface area contributed by atoms with Crippen molar-refractivity contribution in [3.05, 3.63) is 71.3 Å². The number of hydrogen-bond acceptors (Lipinski definition) is 1. The van der Waals surface area contributed by atoms with Gasteiger partial charge in [0.2, 0.25) is 0 Å². The van der Waals surface area contributed by atoms with Crippen LogP contribution in [0.4, 0.5) is 8.78 Å². The molecule has 1 aliphatic heterocycles. The molecular formula is C21H26F2N3S+.